The average Bonchev–Trinajstić information content (AvgIpc) is 3.24. The molecule has 0 bridgehead atoms. The van der Waals surface area contributed by atoms with Gasteiger partial charge in [-0.3, -0.25) is 14.4 Å². The van der Waals surface area contributed by atoms with E-state index in [0.717, 1.165) is 64.2 Å². The lowest BCUT2D eigenvalue weighted by Gasteiger charge is -2.18. The van der Waals surface area contributed by atoms with Crippen molar-refractivity contribution in [3.63, 3.8) is 0 Å². The van der Waals surface area contributed by atoms with Crippen LogP contribution in [0.5, 0.6) is 0 Å². The van der Waals surface area contributed by atoms with Crippen LogP contribution in [0.15, 0.2) is 60.8 Å². The van der Waals surface area contributed by atoms with Crippen molar-refractivity contribution in [3.05, 3.63) is 60.8 Å². The first-order valence-corrected chi connectivity index (χ1v) is 25.3. The Hall–Kier alpha value is -2.89. The number of carbonyl (C=O) groups is 3. The fourth-order valence-corrected chi connectivity index (χ4v) is 6.95. The monoisotopic (exact) mass is 839 g/mol. The van der Waals surface area contributed by atoms with Gasteiger partial charge in [0.2, 0.25) is 0 Å². The zero-order valence-corrected chi connectivity index (χ0v) is 39.5. The SMILES string of the molecule is CCCCC/C=C\C/C=C\C/C=C\C/C=C\C/C=C\CCC(=O)O[C@@H](COC(=O)CCCCCCCCCCCCC)COC(=O)CCCCCCCCCCCCCC. The number of unbranched alkanes of at least 4 members (excludes halogenated alkanes) is 24. The van der Waals surface area contributed by atoms with Crippen LogP contribution >= 0.6 is 0 Å². The van der Waals surface area contributed by atoms with E-state index in [2.05, 4.69) is 75.5 Å². The van der Waals surface area contributed by atoms with Gasteiger partial charge in [-0.2, -0.15) is 0 Å². The lowest BCUT2D eigenvalue weighted by Crippen LogP contribution is -2.30. The zero-order chi connectivity index (χ0) is 43.7. The molecule has 0 saturated carbocycles. The molecule has 0 rings (SSSR count). The molecule has 0 radical (unpaired) electrons. The van der Waals surface area contributed by atoms with E-state index in [9.17, 15) is 14.4 Å². The van der Waals surface area contributed by atoms with Gasteiger partial charge in [0.15, 0.2) is 6.10 Å². The molecule has 60 heavy (non-hydrogen) atoms. The molecule has 0 aromatic heterocycles. The maximum atomic E-state index is 12.7. The van der Waals surface area contributed by atoms with Crippen LogP contribution in [0.3, 0.4) is 0 Å². The van der Waals surface area contributed by atoms with Crippen molar-refractivity contribution in [1.29, 1.82) is 0 Å². The molecule has 1 atom stereocenters. The smallest absolute Gasteiger partial charge is 0.306 e. The Labute approximate surface area is 370 Å². The maximum absolute atomic E-state index is 12.7. The minimum Gasteiger partial charge on any atom is -0.462 e. The summed E-state index contributed by atoms with van der Waals surface area (Å²) in [5, 5.41) is 0. The van der Waals surface area contributed by atoms with Crippen LogP contribution < -0.4 is 0 Å². The van der Waals surface area contributed by atoms with Crippen molar-refractivity contribution in [2.75, 3.05) is 13.2 Å². The lowest BCUT2D eigenvalue weighted by molar-refractivity contribution is -0.166. The van der Waals surface area contributed by atoms with Gasteiger partial charge in [-0.05, 0) is 57.8 Å². The summed E-state index contributed by atoms with van der Waals surface area (Å²) in [6, 6.07) is 0. The summed E-state index contributed by atoms with van der Waals surface area (Å²) < 4.78 is 16.7. The Morgan fingerprint density at radius 2 is 0.633 bits per heavy atom. The van der Waals surface area contributed by atoms with Crippen molar-refractivity contribution in [1.82, 2.24) is 0 Å². The van der Waals surface area contributed by atoms with Crippen LogP contribution in [0.4, 0.5) is 0 Å². The second-order valence-corrected chi connectivity index (χ2v) is 16.7. The predicted octanol–water partition coefficient (Wildman–Crippen LogP) is 16.5. The topological polar surface area (TPSA) is 78.9 Å². The van der Waals surface area contributed by atoms with E-state index in [0.29, 0.717) is 19.3 Å². The van der Waals surface area contributed by atoms with Gasteiger partial charge >= 0.3 is 17.9 Å². The molecule has 0 aliphatic carbocycles. The van der Waals surface area contributed by atoms with Gasteiger partial charge in [0, 0.05) is 19.3 Å². The molecule has 0 spiro atoms. The Balaban J connectivity index is 4.48. The molecule has 6 nitrogen and oxygen atoms in total. The Morgan fingerprint density at radius 1 is 0.333 bits per heavy atom. The fourth-order valence-electron chi connectivity index (χ4n) is 6.95. The molecule has 0 fully saturated rings. The lowest BCUT2D eigenvalue weighted by atomic mass is 10.0. The van der Waals surface area contributed by atoms with Gasteiger partial charge in [-0.25, -0.2) is 0 Å². The van der Waals surface area contributed by atoms with E-state index in [1.165, 1.54) is 135 Å². The fraction of sp³-hybridized carbons (Fsp3) is 0.759. The first-order chi connectivity index (χ1) is 29.5. The molecular weight excluding hydrogens is 745 g/mol. The summed E-state index contributed by atoms with van der Waals surface area (Å²) in [5.74, 6) is -0.981. The summed E-state index contributed by atoms with van der Waals surface area (Å²) >= 11 is 0. The summed E-state index contributed by atoms with van der Waals surface area (Å²) in [6.45, 7) is 6.54. The van der Waals surface area contributed by atoms with Gasteiger partial charge in [0.25, 0.3) is 0 Å². The maximum Gasteiger partial charge on any atom is 0.306 e. The normalized spacial score (nSPS) is 12.5. The van der Waals surface area contributed by atoms with Crippen molar-refractivity contribution in [2.45, 2.75) is 252 Å². The molecule has 0 saturated heterocycles. The Morgan fingerprint density at radius 3 is 1.00 bits per heavy atom. The first-order valence-electron chi connectivity index (χ1n) is 25.3. The third-order valence-electron chi connectivity index (χ3n) is 10.8. The van der Waals surface area contributed by atoms with Crippen LogP contribution in [0.1, 0.15) is 245 Å². The van der Waals surface area contributed by atoms with Gasteiger partial charge in [-0.15, -0.1) is 0 Å². The van der Waals surface area contributed by atoms with Gasteiger partial charge in [0.05, 0.1) is 0 Å². The first kappa shape index (κ1) is 57.1. The summed E-state index contributed by atoms with van der Waals surface area (Å²) in [7, 11) is 0. The summed E-state index contributed by atoms with van der Waals surface area (Å²) in [4.78, 5) is 37.8. The molecule has 0 aromatic rings. The molecule has 0 heterocycles. The van der Waals surface area contributed by atoms with Crippen LogP contribution in [-0.2, 0) is 28.6 Å². The molecule has 0 aliphatic rings. The van der Waals surface area contributed by atoms with Crippen molar-refractivity contribution in [3.8, 4) is 0 Å². The molecule has 0 unspecified atom stereocenters. The number of hydrogen-bond donors (Lipinski definition) is 0. The van der Waals surface area contributed by atoms with Crippen molar-refractivity contribution in [2.24, 2.45) is 0 Å². The minimum atomic E-state index is -0.808. The third kappa shape index (κ3) is 46.2. The van der Waals surface area contributed by atoms with Gasteiger partial charge in [0.1, 0.15) is 13.2 Å². The predicted molar refractivity (Wildman–Crippen MR) is 256 cm³/mol. The van der Waals surface area contributed by atoms with E-state index in [-0.39, 0.29) is 37.5 Å². The molecular formula is C54H94O6. The highest BCUT2D eigenvalue weighted by molar-refractivity contribution is 5.71. The van der Waals surface area contributed by atoms with Crippen LogP contribution in [0, 0.1) is 0 Å². The number of esters is 3. The van der Waals surface area contributed by atoms with E-state index < -0.39 is 6.10 Å². The molecule has 346 valence electrons. The highest BCUT2D eigenvalue weighted by atomic mass is 16.6. The largest absolute Gasteiger partial charge is 0.462 e. The number of allylic oxidation sites excluding steroid dienone is 10. The average molecular weight is 839 g/mol. The molecule has 0 amide bonds. The van der Waals surface area contributed by atoms with E-state index in [4.69, 9.17) is 14.2 Å². The van der Waals surface area contributed by atoms with Gasteiger partial charge in [-0.1, -0.05) is 229 Å². The Bertz CT molecular complexity index is 1100. The highest BCUT2D eigenvalue weighted by Gasteiger charge is 2.19. The second-order valence-electron chi connectivity index (χ2n) is 16.7. The quantitative estimate of drug-likeness (QED) is 0.0263. The summed E-state index contributed by atoms with van der Waals surface area (Å²) in [6.07, 6.45) is 59.3. The minimum absolute atomic E-state index is 0.101. The number of carbonyl (C=O) groups excluding carboxylic acids is 3. The highest BCUT2D eigenvalue weighted by Crippen LogP contribution is 2.15. The van der Waals surface area contributed by atoms with Crippen LogP contribution in [-0.4, -0.2) is 37.2 Å². The van der Waals surface area contributed by atoms with Crippen molar-refractivity contribution >= 4 is 17.9 Å². The van der Waals surface area contributed by atoms with E-state index in [1.807, 2.05) is 6.08 Å². The van der Waals surface area contributed by atoms with E-state index in [1.54, 1.807) is 0 Å². The zero-order valence-electron chi connectivity index (χ0n) is 39.5. The molecule has 0 N–H and O–H groups in total. The van der Waals surface area contributed by atoms with Crippen molar-refractivity contribution < 1.29 is 28.6 Å². The molecule has 0 aromatic carbocycles. The van der Waals surface area contributed by atoms with E-state index >= 15 is 0 Å². The molecule has 0 aliphatic heterocycles. The second kappa shape index (κ2) is 48.8. The van der Waals surface area contributed by atoms with Gasteiger partial charge < -0.3 is 14.2 Å². The standard InChI is InChI=1S/C54H94O6/c1-4-7-10-13-16-19-22-24-25-26-27-28-29-30-33-36-39-42-45-48-54(57)60-51(49-58-52(55)46-43-40-37-34-31-21-18-15-12-9-6-3)50-59-53(56)47-44-41-38-35-32-23-20-17-14-11-8-5-2/h16,19,24-25,27-28,30,33,39,42,51H,4-15,17-18,20-23,26,29,31-32,34-38,40-41,43-50H2,1-3H3/b19-16-,25-24-,28-27-,33-30-,42-39-/t51-/m0/s1. The van der Waals surface area contributed by atoms with Crippen LogP contribution in [0.2, 0.25) is 0 Å². The number of hydrogen-bond acceptors (Lipinski definition) is 6. The van der Waals surface area contributed by atoms with Crippen LogP contribution in [0.25, 0.3) is 0 Å². The molecule has 6 heteroatoms. The summed E-state index contributed by atoms with van der Waals surface area (Å²) in [5.41, 5.74) is 0. The number of rotatable bonds is 45. The third-order valence-corrected chi connectivity index (χ3v) is 10.8. The Kier molecular flexibility index (Phi) is 46.4. The number of ether oxygens (including phenoxy) is 3.